The fourth-order valence-electron chi connectivity index (χ4n) is 2.62. The van der Waals surface area contributed by atoms with Crippen LogP contribution in [0.3, 0.4) is 0 Å². The molecule has 0 heterocycles. The summed E-state index contributed by atoms with van der Waals surface area (Å²) in [5.74, 6) is 0. The molecule has 0 aliphatic carbocycles. The Morgan fingerprint density at radius 3 is 1.70 bits per heavy atom. The average molecular weight is 268 g/mol. The topological polar surface area (TPSA) is 52.0 Å². The molecule has 2 rings (SSSR count). The van der Waals surface area contributed by atoms with Crippen LogP contribution >= 0.6 is 0 Å². The summed E-state index contributed by atoms with van der Waals surface area (Å²) < 4.78 is 0. The van der Waals surface area contributed by atoms with Gasteiger partial charge in [0.1, 0.15) is 0 Å². The van der Waals surface area contributed by atoms with E-state index in [1.54, 1.807) is 0 Å². The lowest BCUT2D eigenvalue weighted by atomic mass is 9.94. The Bertz CT molecular complexity index is 590. The molecule has 0 fully saturated rings. The van der Waals surface area contributed by atoms with Gasteiger partial charge in [0.15, 0.2) is 0 Å². The van der Waals surface area contributed by atoms with E-state index in [9.17, 15) is 0 Å². The van der Waals surface area contributed by atoms with Crippen LogP contribution in [0.5, 0.6) is 0 Å². The van der Waals surface area contributed by atoms with Crippen LogP contribution in [-0.2, 0) is 19.3 Å². The first-order chi connectivity index (χ1) is 9.60. The first-order valence-corrected chi connectivity index (χ1v) is 7.40. The van der Waals surface area contributed by atoms with Gasteiger partial charge in [-0.3, -0.25) is 0 Å². The molecule has 20 heavy (non-hydrogen) atoms. The maximum absolute atomic E-state index is 6.21. The first-order valence-electron chi connectivity index (χ1n) is 7.40. The number of hydrogen-bond acceptors (Lipinski definition) is 2. The number of benzene rings is 2. The van der Waals surface area contributed by atoms with Crippen LogP contribution in [0.25, 0.3) is 11.1 Å². The second-order valence-electron chi connectivity index (χ2n) is 5.18. The molecule has 0 saturated carbocycles. The summed E-state index contributed by atoms with van der Waals surface area (Å²) in [6.45, 7) is 6.43. The zero-order valence-corrected chi connectivity index (χ0v) is 12.7. The molecule has 0 radical (unpaired) electrons. The highest BCUT2D eigenvalue weighted by atomic mass is 14.6. The molecule has 2 aromatic carbocycles. The number of aryl methyl sites for hydroxylation is 3. The van der Waals surface area contributed by atoms with Gasteiger partial charge in [-0.2, -0.15) is 0 Å². The molecule has 0 spiro atoms. The Hall–Kier alpha value is -1.96. The first kappa shape index (κ1) is 14.4. The van der Waals surface area contributed by atoms with E-state index < -0.39 is 0 Å². The van der Waals surface area contributed by atoms with Crippen molar-refractivity contribution in [3.63, 3.8) is 0 Å². The van der Waals surface area contributed by atoms with Gasteiger partial charge < -0.3 is 11.5 Å². The maximum Gasteiger partial charge on any atom is 0.0379 e. The molecule has 0 unspecified atom stereocenters. The minimum atomic E-state index is 0.873. The van der Waals surface area contributed by atoms with Gasteiger partial charge in [-0.25, -0.2) is 0 Å². The van der Waals surface area contributed by atoms with Crippen molar-refractivity contribution in [2.45, 2.75) is 40.0 Å². The summed E-state index contributed by atoms with van der Waals surface area (Å²) in [5, 5.41) is 0. The van der Waals surface area contributed by atoms with E-state index in [-0.39, 0.29) is 0 Å². The number of anilines is 2. The van der Waals surface area contributed by atoms with Gasteiger partial charge in [-0.05, 0) is 71.3 Å². The molecular formula is C18H24N2. The number of nitrogens with two attached hydrogens (primary N) is 2. The summed E-state index contributed by atoms with van der Waals surface area (Å²) >= 11 is 0. The predicted molar refractivity (Wildman–Crippen MR) is 88.8 cm³/mol. The molecule has 0 saturated heterocycles. The Balaban J connectivity index is 2.57. The Labute approximate surface area is 121 Å². The average Bonchev–Trinajstić information content (AvgIpc) is 2.48. The van der Waals surface area contributed by atoms with E-state index in [0.29, 0.717) is 0 Å². The molecule has 0 aliphatic heterocycles. The number of rotatable bonds is 4. The standard InChI is InChI=1S/C18H24N2/c1-4-12-9-15(7-8-17(12)19)16-10-13(5-2)18(20)14(6-3)11-16/h7-11H,4-6,19-20H2,1-3H3. The van der Waals surface area contributed by atoms with Crippen LogP contribution in [0.4, 0.5) is 11.4 Å². The lowest BCUT2D eigenvalue weighted by Crippen LogP contribution is -2.00. The van der Waals surface area contributed by atoms with E-state index in [1.807, 2.05) is 6.07 Å². The number of nitrogen functional groups attached to an aromatic ring is 2. The molecule has 0 atom stereocenters. The summed E-state index contributed by atoms with van der Waals surface area (Å²) in [4.78, 5) is 0. The largest absolute Gasteiger partial charge is 0.399 e. The minimum absolute atomic E-state index is 0.873. The van der Waals surface area contributed by atoms with Crippen molar-refractivity contribution in [3.05, 3.63) is 47.0 Å². The second kappa shape index (κ2) is 6.00. The van der Waals surface area contributed by atoms with Crippen LogP contribution in [0.2, 0.25) is 0 Å². The molecular weight excluding hydrogens is 244 g/mol. The van der Waals surface area contributed by atoms with E-state index >= 15 is 0 Å². The Kier molecular flexibility index (Phi) is 4.33. The summed E-state index contributed by atoms with van der Waals surface area (Å²) in [7, 11) is 0. The molecule has 2 nitrogen and oxygen atoms in total. The third kappa shape index (κ3) is 2.64. The fourth-order valence-corrected chi connectivity index (χ4v) is 2.62. The lowest BCUT2D eigenvalue weighted by Gasteiger charge is -2.14. The van der Waals surface area contributed by atoms with E-state index in [2.05, 4.69) is 45.0 Å². The van der Waals surface area contributed by atoms with Crippen LogP contribution in [-0.4, -0.2) is 0 Å². The minimum Gasteiger partial charge on any atom is -0.399 e. The molecule has 0 aromatic heterocycles. The number of hydrogen-bond donors (Lipinski definition) is 2. The van der Waals surface area contributed by atoms with E-state index in [1.165, 1.54) is 27.8 Å². The summed E-state index contributed by atoms with van der Waals surface area (Å²) in [6.07, 6.45) is 2.88. The third-order valence-corrected chi connectivity index (χ3v) is 3.97. The van der Waals surface area contributed by atoms with Gasteiger partial charge in [0.05, 0.1) is 0 Å². The zero-order valence-electron chi connectivity index (χ0n) is 12.7. The molecule has 0 aliphatic rings. The highest BCUT2D eigenvalue weighted by molar-refractivity contribution is 5.72. The molecule has 4 N–H and O–H groups in total. The van der Waals surface area contributed by atoms with E-state index in [4.69, 9.17) is 11.5 Å². The SMILES string of the molecule is CCc1cc(-c2cc(CC)c(N)c(CC)c2)ccc1N. The van der Waals surface area contributed by atoms with Crippen molar-refractivity contribution >= 4 is 11.4 Å². The van der Waals surface area contributed by atoms with Crippen molar-refractivity contribution in [3.8, 4) is 11.1 Å². The molecule has 2 aromatic rings. The highest BCUT2D eigenvalue weighted by Gasteiger charge is 2.08. The van der Waals surface area contributed by atoms with Crippen LogP contribution in [0, 0.1) is 0 Å². The third-order valence-electron chi connectivity index (χ3n) is 3.97. The fraction of sp³-hybridized carbons (Fsp3) is 0.333. The molecule has 106 valence electrons. The monoisotopic (exact) mass is 268 g/mol. The summed E-state index contributed by atoms with van der Waals surface area (Å²) in [6, 6.07) is 10.7. The van der Waals surface area contributed by atoms with Gasteiger partial charge in [0.2, 0.25) is 0 Å². The molecule has 0 amide bonds. The lowest BCUT2D eigenvalue weighted by molar-refractivity contribution is 1.09. The van der Waals surface area contributed by atoms with Crippen LogP contribution < -0.4 is 11.5 Å². The van der Waals surface area contributed by atoms with Gasteiger partial charge in [0.25, 0.3) is 0 Å². The van der Waals surface area contributed by atoms with Crippen molar-refractivity contribution in [1.29, 1.82) is 0 Å². The predicted octanol–water partition coefficient (Wildman–Crippen LogP) is 4.21. The molecule has 2 heteroatoms. The Morgan fingerprint density at radius 1 is 0.700 bits per heavy atom. The smallest absolute Gasteiger partial charge is 0.0379 e. The van der Waals surface area contributed by atoms with Crippen LogP contribution in [0.1, 0.15) is 37.5 Å². The highest BCUT2D eigenvalue weighted by Crippen LogP contribution is 2.30. The van der Waals surface area contributed by atoms with Crippen molar-refractivity contribution in [1.82, 2.24) is 0 Å². The zero-order chi connectivity index (χ0) is 14.7. The quantitative estimate of drug-likeness (QED) is 0.816. The van der Waals surface area contributed by atoms with Crippen molar-refractivity contribution in [2.24, 2.45) is 0 Å². The van der Waals surface area contributed by atoms with E-state index in [0.717, 1.165) is 30.6 Å². The second-order valence-corrected chi connectivity index (χ2v) is 5.18. The molecule has 0 bridgehead atoms. The van der Waals surface area contributed by atoms with Gasteiger partial charge in [-0.15, -0.1) is 0 Å². The van der Waals surface area contributed by atoms with Gasteiger partial charge in [-0.1, -0.05) is 26.8 Å². The maximum atomic E-state index is 6.21. The van der Waals surface area contributed by atoms with Crippen molar-refractivity contribution in [2.75, 3.05) is 11.5 Å². The Morgan fingerprint density at radius 2 is 1.20 bits per heavy atom. The van der Waals surface area contributed by atoms with Gasteiger partial charge in [0, 0.05) is 11.4 Å². The summed E-state index contributed by atoms with van der Waals surface area (Å²) in [5.41, 5.74) is 20.2. The van der Waals surface area contributed by atoms with Crippen molar-refractivity contribution < 1.29 is 0 Å². The normalized spacial score (nSPS) is 10.8. The van der Waals surface area contributed by atoms with Gasteiger partial charge >= 0.3 is 0 Å². The van der Waals surface area contributed by atoms with Crippen LogP contribution in [0.15, 0.2) is 30.3 Å².